The summed E-state index contributed by atoms with van der Waals surface area (Å²) >= 11 is 0. The molecule has 1 aliphatic rings. The Kier molecular flexibility index (Phi) is 4.86. The topological polar surface area (TPSA) is 54.9 Å². The summed E-state index contributed by atoms with van der Waals surface area (Å²) in [4.78, 5) is 22.7. The van der Waals surface area contributed by atoms with Crippen molar-refractivity contribution in [1.82, 2.24) is 9.97 Å². The zero-order chi connectivity index (χ0) is 20.5. The third-order valence-electron chi connectivity index (χ3n) is 5.30. The molecule has 146 valence electrons. The Balaban J connectivity index is 1.64. The highest BCUT2D eigenvalue weighted by molar-refractivity contribution is 7.27. The standard InChI is InChI=1S/C25H20N3OP/c29-25(17-9-5-2-6-10-17)28-24-22(16-7-3-1-4-8-16)27-23-20-13-12-19(30)15-18(20)11-14-21(23)26-24/h1-10,12-13,15H,11,14,30H2,(H,26,28,29). The first kappa shape index (κ1) is 18.7. The highest BCUT2D eigenvalue weighted by Crippen LogP contribution is 2.35. The van der Waals surface area contributed by atoms with Crippen molar-refractivity contribution in [2.24, 2.45) is 0 Å². The molecule has 1 aliphatic carbocycles. The van der Waals surface area contributed by atoms with Gasteiger partial charge < -0.3 is 5.32 Å². The van der Waals surface area contributed by atoms with Crippen molar-refractivity contribution < 1.29 is 4.79 Å². The molecule has 5 heteroatoms. The second kappa shape index (κ2) is 7.81. The summed E-state index contributed by atoms with van der Waals surface area (Å²) in [5.41, 5.74) is 6.42. The van der Waals surface area contributed by atoms with Crippen LogP contribution >= 0.6 is 9.24 Å². The minimum Gasteiger partial charge on any atom is -0.305 e. The number of rotatable bonds is 3. The summed E-state index contributed by atoms with van der Waals surface area (Å²) in [5.74, 6) is 0.311. The number of hydrogen-bond donors (Lipinski definition) is 1. The van der Waals surface area contributed by atoms with Crippen LogP contribution in [0.1, 0.15) is 21.6 Å². The Bertz CT molecular complexity index is 1240. The first-order valence-electron chi connectivity index (χ1n) is 9.90. The van der Waals surface area contributed by atoms with Crippen LogP contribution in [-0.2, 0) is 12.8 Å². The summed E-state index contributed by atoms with van der Waals surface area (Å²) in [6, 6.07) is 25.4. The lowest BCUT2D eigenvalue weighted by Gasteiger charge is -2.21. The van der Waals surface area contributed by atoms with E-state index in [9.17, 15) is 4.79 Å². The van der Waals surface area contributed by atoms with E-state index < -0.39 is 0 Å². The van der Waals surface area contributed by atoms with Crippen LogP contribution in [0.3, 0.4) is 0 Å². The fourth-order valence-corrected chi connectivity index (χ4v) is 4.12. The van der Waals surface area contributed by atoms with Crippen molar-refractivity contribution in [2.45, 2.75) is 12.8 Å². The number of amides is 1. The van der Waals surface area contributed by atoms with Crippen LogP contribution in [0.4, 0.5) is 5.82 Å². The molecule has 1 aromatic heterocycles. The van der Waals surface area contributed by atoms with E-state index in [1.54, 1.807) is 12.1 Å². The second-order valence-corrected chi connectivity index (χ2v) is 7.99. The molecule has 30 heavy (non-hydrogen) atoms. The van der Waals surface area contributed by atoms with Crippen molar-refractivity contribution in [3.05, 3.63) is 95.7 Å². The van der Waals surface area contributed by atoms with Gasteiger partial charge in [-0.15, -0.1) is 9.24 Å². The second-order valence-electron chi connectivity index (χ2n) is 7.32. The van der Waals surface area contributed by atoms with Gasteiger partial charge in [0.2, 0.25) is 0 Å². The van der Waals surface area contributed by atoms with Crippen LogP contribution in [0.5, 0.6) is 0 Å². The average Bonchev–Trinajstić information content (AvgIpc) is 2.79. The molecule has 5 rings (SSSR count). The number of hydrogen-bond acceptors (Lipinski definition) is 3. The van der Waals surface area contributed by atoms with Crippen molar-refractivity contribution >= 4 is 26.3 Å². The SMILES string of the molecule is O=C(Nc1nc2c(nc1-c1ccccc1)-c1ccc(P)cc1CC2)c1ccccc1. The van der Waals surface area contributed by atoms with Gasteiger partial charge in [0, 0.05) is 16.7 Å². The monoisotopic (exact) mass is 409 g/mol. The van der Waals surface area contributed by atoms with Crippen molar-refractivity contribution in [1.29, 1.82) is 0 Å². The number of anilines is 1. The van der Waals surface area contributed by atoms with Crippen LogP contribution in [0.15, 0.2) is 78.9 Å². The maximum absolute atomic E-state index is 12.8. The predicted molar refractivity (Wildman–Crippen MR) is 124 cm³/mol. The Hall–Kier alpha value is -3.36. The van der Waals surface area contributed by atoms with Gasteiger partial charge in [0.15, 0.2) is 5.82 Å². The Morgan fingerprint density at radius 2 is 1.57 bits per heavy atom. The molecule has 0 radical (unpaired) electrons. The summed E-state index contributed by atoms with van der Waals surface area (Å²) in [6.45, 7) is 0. The molecule has 3 aromatic carbocycles. The highest BCUT2D eigenvalue weighted by Gasteiger charge is 2.23. The lowest BCUT2D eigenvalue weighted by Crippen LogP contribution is -2.17. The molecule has 0 spiro atoms. The fourth-order valence-electron chi connectivity index (χ4n) is 3.82. The summed E-state index contributed by atoms with van der Waals surface area (Å²) in [6.07, 6.45) is 1.71. The van der Waals surface area contributed by atoms with Crippen LogP contribution in [-0.4, -0.2) is 15.9 Å². The molecule has 0 saturated carbocycles. The van der Waals surface area contributed by atoms with Gasteiger partial charge in [0.05, 0.1) is 11.4 Å². The van der Waals surface area contributed by atoms with Gasteiger partial charge in [0.1, 0.15) is 5.69 Å². The smallest absolute Gasteiger partial charge is 0.256 e. The van der Waals surface area contributed by atoms with E-state index >= 15 is 0 Å². The molecule has 1 unspecified atom stereocenters. The molecular weight excluding hydrogens is 389 g/mol. The average molecular weight is 409 g/mol. The number of aryl methyl sites for hydroxylation is 2. The fraction of sp³-hybridized carbons (Fsp3) is 0.0800. The molecule has 1 amide bonds. The minimum absolute atomic E-state index is 0.189. The lowest BCUT2D eigenvalue weighted by atomic mass is 9.91. The minimum atomic E-state index is -0.189. The van der Waals surface area contributed by atoms with Gasteiger partial charge in [0.25, 0.3) is 5.91 Å². The van der Waals surface area contributed by atoms with Gasteiger partial charge in [-0.25, -0.2) is 9.97 Å². The van der Waals surface area contributed by atoms with Crippen molar-refractivity contribution in [3.63, 3.8) is 0 Å². The van der Waals surface area contributed by atoms with Crippen LogP contribution < -0.4 is 10.6 Å². The quantitative estimate of drug-likeness (QED) is 0.501. The number of aromatic nitrogens is 2. The molecule has 4 aromatic rings. The van der Waals surface area contributed by atoms with Gasteiger partial charge in [-0.1, -0.05) is 66.7 Å². The molecule has 0 aliphatic heterocycles. The summed E-state index contributed by atoms with van der Waals surface area (Å²) in [7, 11) is 2.75. The molecule has 1 heterocycles. The Morgan fingerprint density at radius 3 is 2.33 bits per heavy atom. The number of benzene rings is 3. The molecule has 0 bridgehead atoms. The van der Waals surface area contributed by atoms with E-state index in [2.05, 4.69) is 32.8 Å². The van der Waals surface area contributed by atoms with Crippen LogP contribution in [0.2, 0.25) is 0 Å². The molecule has 4 nitrogen and oxygen atoms in total. The molecular formula is C25H20N3OP. The first-order valence-corrected chi connectivity index (χ1v) is 10.5. The third kappa shape index (κ3) is 3.51. The van der Waals surface area contributed by atoms with Gasteiger partial charge >= 0.3 is 0 Å². The summed E-state index contributed by atoms with van der Waals surface area (Å²) in [5, 5.41) is 4.16. The van der Waals surface area contributed by atoms with Crippen LogP contribution in [0, 0.1) is 0 Å². The van der Waals surface area contributed by atoms with E-state index in [1.165, 1.54) is 10.9 Å². The number of nitrogens with zero attached hydrogens (tertiary/aromatic N) is 2. The number of nitrogens with one attached hydrogen (secondary N) is 1. The predicted octanol–water partition coefficient (Wildman–Crippen LogP) is 4.66. The highest BCUT2D eigenvalue weighted by atomic mass is 31.0. The first-order chi connectivity index (χ1) is 14.7. The third-order valence-corrected chi connectivity index (χ3v) is 5.66. The lowest BCUT2D eigenvalue weighted by molar-refractivity contribution is 0.102. The number of carbonyl (C=O) groups excluding carboxylic acids is 1. The summed E-state index contributed by atoms with van der Waals surface area (Å²) < 4.78 is 0. The number of fused-ring (bicyclic) bond motifs is 3. The Morgan fingerprint density at radius 1 is 0.833 bits per heavy atom. The Labute approximate surface area is 177 Å². The normalized spacial score (nSPS) is 12.0. The van der Waals surface area contributed by atoms with Crippen molar-refractivity contribution in [2.75, 3.05) is 5.32 Å². The molecule has 1 atom stereocenters. The molecule has 0 fully saturated rings. The van der Waals surface area contributed by atoms with Gasteiger partial charge in [-0.05, 0) is 35.8 Å². The van der Waals surface area contributed by atoms with E-state index in [0.29, 0.717) is 17.1 Å². The molecule has 1 N–H and O–H groups in total. The van der Waals surface area contributed by atoms with E-state index in [-0.39, 0.29) is 5.91 Å². The van der Waals surface area contributed by atoms with Gasteiger partial charge in [-0.3, -0.25) is 4.79 Å². The number of carbonyl (C=O) groups is 1. The zero-order valence-corrected chi connectivity index (χ0v) is 17.5. The molecule has 0 saturated heterocycles. The zero-order valence-electron chi connectivity index (χ0n) is 16.3. The maximum Gasteiger partial charge on any atom is 0.256 e. The van der Waals surface area contributed by atoms with E-state index in [0.717, 1.165) is 35.4 Å². The maximum atomic E-state index is 12.8. The largest absolute Gasteiger partial charge is 0.305 e. The van der Waals surface area contributed by atoms with E-state index in [4.69, 9.17) is 9.97 Å². The van der Waals surface area contributed by atoms with Gasteiger partial charge in [-0.2, -0.15) is 0 Å². The van der Waals surface area contributed by atoms with Crippen molar-refractivity contribution in [3.8, 4) is 22.5 Å². The van der Waals surface area contributed by atoms with Crippen LogP contribution in [0.25, 0.3) is 22.5 Å². The van der Waals surface area contributed by atoms with E-state index in [1.807, 2.05) is 48.5 Å².